The molecule has 1 saturated carbocycles. The van der Waals surface area contributed by atoms with Crippen LogP contribution in [-0.4, -0.2) is 22.4 Å². The number of carbonyl (C=O) groups excluding carboxylic acids is 1. The van der Waals surface area contributed by atoms with E-state index in [4.69, 9.17) is 9.47 Å². The number of benzene rings is 3. The van der Waals surface area contributed by atoms with Crippen LogP contribution in [0.25, 0.3) is 0 Å². The molecule has 1 fully saturated rings. The quantitative estimate of drug-likeness (QED) is 0.104. The molecule has 0 N–H and O–H groups in total. The highest BCUT2D eigenvalue weighted by Crippen LogP contribution is 2.59. The lowest BCUT2D eigenvalue weighted by atomic mass is 9.78. The molecule has 3 aromatic carbocycles. The van der Waals surface area contributed by atoms with Crippen LogP contribution in [0.5, 0.6) is 5.75 Å². The van der Waals surface area contributed by atoms with Crippen molar-refractivity contribution in [3.05, 3.63) is 109 Å². The zero-order chi connectivity index (χ0) is 32.8. The van der Waals surface area contributed by atoms with Gasteiger partial charge in [-0.3, -0.25) is 25.0 Å². The standard InChI is InChI=1S/C35H42N2O7/c1-21-18-26(33(2,3)4)31(27(19-21)34(5,6)7)44-32(38)29-28(35(29,8)9)20-43-30(22-10-14-24(15-11-22)36(39)40)23-12-16-25(17-13-23)37(41)42/h10-19,28-30H,20H2,1-9H3. The fourth-order valence-corrected chi connectivity index (χ4v) is 5.81. The summed E-state index contributed by atoms with van der Waals surface area (Å²) in [7, 11) is 0. The number of nitro groups is 2. The van der Waals surface area contributed by atoms with E-state index >= 15 is 0 Å². The van der Waals surface area contributed by atoms with E-state index in [1.807, 2.05) is 13.8 Å². The highest BCUT2D eigenvalue weighted by Gasteiger charge is 2.63. The maximum atomic E-state index is 13.8. The van der Waals surface area contributed by atoms with Gasteiger partial charge in [0.1, 0.15) is 11.9 Å². The van der Waals surface area contributed by atoms with Gasteiger partial charge in [-0.05, 0) is 58.6 Å². The maximum Gasteiger partial charge on any atom is 0.315 e. The van der Waals surface area contributed by atoms with E-state index in [9.17, 15) is 25.0 Å². The molecular formula is C35H42N2O7. The molecule has 0 radical (unpaired) electrons. The number of ether oxygens (including phenoxy) is 2. The summed E-state index contributed by atoms with van der Waals surface area (Å²) >= 11 is 0. The molecule has 4 rings (SSSR count). The van der Waals surface area contributed by atoms with E-state index in [1.54, 1.807) is 24.3 Å². The average molecular weight is 603 g/mol. The monoisotopic (exact) mass is 602 g/mol. The third-order valence-electron chi connectivity index (χ3n) is 8.61. The number of nitro benzene ring substituents is 2. The molecule has 3 aromatic rings. The van der Waals surface area contributed by atoms with Crippen LogP contribution in [0.4, 0.5) is 11.4 Å². The first-order chi connectivity index (χ1) is 20.3. The summed E-state index contributed by atoms with van der Waals surface area (Å²) in [5.74, 6) is -0.225. The first-order valence-corrected chi connectivity index (χ1v) is 14.8. The SMILES string of the molecule is Cc1cc(C(C)(C)C)c(OC(=O)C2C(COC(c3ccc([N+](=O)[O-])cc3)c3ccc([N+](=O)[O-])cc3)C2(C)C)c(C(C)(C)C)c1. The van der Waals surface area contributed by atoms with Crippen molar-refractivity contribution >= 4 is 17.3 Å². The molecule has 0 bridgehead atoms. The summed E-state index contributed by atoms with van der Waals surface area (Å²) in [4.78, 5) is 35.3. The average Bonchev–Trinajstić information content (AvgIpc) is 3.48. The number of aryl methyl sites for hydroxylation is 1. The van der Waals surface area contributed by atoms with Gasteiger partial charge in [0.05, 0.1) is 22.4 Å². The van der Waals surface area contributed by atoms with E-state index in [1.165, 1.54) is 24.3 Å². The summed E-state index contributed by atoms with van der Waals surface area (Å²) in [5.41, 5.74) is 3.42. The molecule has 2 unspecified atom stereocenters. The normalized spacial score (nSPS) is 17.8. The van der Waals surface area contributed by atoms with Crippen molar-refractivity contribution in [1.29, 1.82) is 0 Å². The van der Waals surface area contributed by atoms with Gasteiger partial charge in [-0.25, -0.2) is 0 Å². The first-order valence-electron chi connectivity index (χ1n) is 14.8. The Kier molecular flexibility index (Phi) is 8.77. The van der Waals surface area contributed by atoms with Crippen LogP contribution in [0.1, 0.15) is 89.3 Å². The highest BCUT2D eigenvalue weighted by atomic mass is 16.6. The van der Waals surface area contributed by atoms with E-state index in [0.717, 1.165) is 16.7 Å². The Bertz CT molecular complexity index is 1470. The molecule has 234 valence electrons. The summed E-state index contributed by atoms with van der Waals surface area (Å²) in [6.45, 7) is 19.0. The van der Waals surface area contributed by atoms with Gasteiger partial charge in [-0.1, -0.05) is 73.1 Å². The fraction of sp³-hybridized carbons (Fsp3) is 0.457. The van der Waals surface area contributed by atoms with Crippen LogP contribution < -0.4 is 4.74 Å². The summed E-state index contributed by atoms with van der Waals surface area (Å²) in [6, 6.07) is 16.3. The molecule has 0 amide bonds. The number of non-ortho nitro benzene ring substituents is 2. The Morgan fingerprint density at radius 2 is 1.23 bits per heavy atom. The second kappa shape index (κ2) is 11.8. The van der Waals surface area contributed by atoms with Gasteiger partial charge < -0.3 is 9.47 Å². The second-order valence-corrected chi connectivity index (χ2v) is 14.4. The molecule has 0 heterocycles. The summed E-state index contributed by atoms with van der Waals surface area (Å²) < 4.78 is 12.7. The minimum atomic E-state index is -0.651. The molecule has 0 aromatic heterocycles. The van der Waals surface area contributed by atoms with Gasteiger partial charge in [0.25, 0.3) is 11.4 Å². The molecule has 0 spiro atoms. The number of hydrogen-bond donors (Lipinski definition) is 0. The fourth-order valence-electron chi connectivity index (χ4n) is 5.81. The molecule has 44 heavy (non-hydrogen) atoms. The van der Waals surface area contributed by atoms with Gasteiger partial charge in [-0.2, -0.15) is 0 Å². The Labute approximate surface area is 258 Å². The molecular weight excluding hydrogens is 560 g/mol. The Balaban J connectivity index is 1.60. The zero-order valence-electron chi connectivity index (χ0n) is 27.0. The molecule has 9 nitrogen and oxygen atoms in total. The molecule has 1 aliphatic rings. The summed E-state index contributed by atoms with van der Waals surface area (Å²) in [6.07, 6.45) is -0.651. The summed E-state index contributed by atoms with van der Waals surface area (Å²) in [5, 5.41) is 22.4. The Hall–Kier alpha value is -4.11. The van der Waals surface area contributed by atoms with Crippen molar-refractivity contribution in [2.45, 2.75) is 79.2 Å². The second-order valence-electron chi connectivity index (χ2n) is 14.4. The van der Waals surface area contributed by atoms with Crippen molar-refractivity contribution in [2.24, 2.45) is 17.3 Å². The largest absolute Gasteiger partial charge is 0.426 e. The molecule has 2 atom stereocenters. The Morgan fingerprint density at radius 1 is 0.818 bits per heavy atom. The van der Waals surface area contributed by atoms with Crippen LogP contribution in [0.3, 0.4) is 0 Å². The maximum absolute atomic E-state index is 13.8. The van der Waals surface area contributed by atoms with Gasteiger partial charge in [-0.15, -0.1) is 0 Å². The van der Waals surface area contributed by atoms with Crippen molar-refractivity contribution in [1.82, 2.24) is 0 Å². The lowest BCUT2D eigenvalue weighted by Crippen LogP contribution is -2.24. The molecule has 1 aliphatic carbocycles. The predicted molar refractivity (Wildman–Crippen MR) is 169 cm³/mol. The number of rotatable bonds is 9. The smallest absolute Gasteiger partial charge is 0.315 e. The van der Waals surface area contributed by atoms with Gasteiger partial charge >= 0.3 is 5.97 Å². The van der Waals surface area contributed by atoms with E-state index in [0.29, 0.717) is 16.9 Å². The highest BCUT2D eigenvalue weighted by molar-refractivity contribution is 5.81. The number of esters is 1. The van der Waals surface area contributed by atoms with E-state index in [2.05, 4.69) is 60.6 Å². The minimum Gasteiger partial charge on any atom is -0.426 e. The van der Waals surface area contributed by atoms with E-state index < -0.39 is 21.9 Å². The predicted octanol–water partition coefficient (Wildman–Crippen LogP) is 8.39. The topological polar surface area (TPSA) is 122 Å². The third kappa shape index (κ3) is 6.83. The molecule has 0 saturated heterocycles. The first kappa shape index (κ1) is 32.8. The van der Waals surface area contributed by atoms with Gasteiger partial charge in [0, 0.05) is 41.3 Å². The Morgan fingerprint density at radius 3 is 1.59 bits per heavy atom. The van der Waals surface area contributed by atoms with Crippen LogP contribution in [0.15, 0.2) is 60.7 Å². The molecule has 0 aliphatic heterocycles. The van der Waals surface area contributed by atoms with Gasteiger partial charge in [0.2, 0.25) is 0 Å². The third-order valence-corrected chi connectivity index (χ3v) is 8.61. The van der Waals surface area contributed by atoms with Crippen molar-refractivity contribution in [3.8, 4) is 5.75 Å². The van der Waals surface area contributed by atoms with Crippen LogP contribution in [0, 0.1) is 44.4 Å². The molecule has 9 heteroatoms. The number of nitrogens with zero attached hydrogens (tertiary/aromatic N) is 2. The lowest BCUT2D eigenvalue weighted by Gasteiger charge is -2.30. The van der Waals surface area contributed by atoms with Crippen LogP contribution in [0.2, 0.25) is 0 Å². The van der Waals surface area contributed by atoms with Crippen molar-refractivity contribution in [3.63, 3.8) is 0 Å². The number of hydrogen-bond acceptors (Lipinski definition) is 7. The van der Waals surface area contributed by atoms with Crippen molar-refractivity contribution in [2.75, 3.05) is 6.61 Å². The zero-order valence-corrected chi connectivity index (χ0v) is 27.0. The van der Waals surface area contributed by atoms with Crippen LogP contribution in [-0.2, 0) is 20.4 Å². The van der Waals surface area contributed by atoms with Crippen LogP contribution >= 0.6 is 0 Å². The lowest BCUT2D eigenvalue weighted by molar-refractivity contribution is -0.385. The van der Waals surface area contributed by atoms with E-state index in [-0.39, 0.29) is 46.1 Å². The minimum absolute atomic E-state index is 0.0531. The van der Waals surface area contributed by atoms with Crippen molar-refractivity contribution < 1.29 is 24.1 Å². The van der Waals surface area contributed by atoms with Gasteiger partial charge in [0.15, 0.2) is 0 Å². The number of carbonyl (C=O) groups is 1.